The maximum atomic E-state index is 4.28. The van der Waals surface area contributed by atoms with E-state index >= 15 is 0 Å². The second-order valence-electron chi connectivity index (χ2n) is 5.59. The number of rotatable bonds is 3. The van der Waals surface area contributed by atoms with E-state index in [9.17, 15) is 0 Å². The number of nitrogens with one attached hydrogen (secondary N) is 2. The molecule has 0 saturated carbocycles. The Hall–Kier alpha value is -2.20. The van der Waals surface area contributed by atoms with Crippen LogP contribution in [0.1, 0.15) is 35.8 Å². The van der Waals surface area contributed by atoms with Crippen molar-refractivity contribution >= 4 is 10.9 Å². The van der Waals surface area contributed by atoms with E-state index in [1.165, 1.54) is 41.4 Å². The van der Waals surface area contributed by atoms with Crippen molar-refractivity contribution in [1.82, 2.24) is 20.3 Å². The van der Waals surface area contributed by atoms with Crippen LogP contribution in [-0.4, -0.2) is 15.0 Å². The summed E-state index contributed by atoms with van der Waals surface area (Å²) in [7, 11) is 0. The quantitative estimate of drug-likeness (QED) is 0.774. The van der Waals surface area contributed by atoms with Crippen molar-refractivity contribution in [3.8, 4) is 0 Å². The van der Waals surface area contributed by atoms with Crippen molar-refractivity contribution in [1.29, 1.82) is 0 Å². The SMILES string of the molecule is c1ccc2c3c([nH]c2c1)C(NCc1ccncn1)CCC3. The second kappa shape index (κ2) is 5.30. The summed E-state index contributed by atoms with van der Waals surface area (Å²) in [6.45, 7) is 0.780. The molecule has 0 amide bonds. The van der Waals surface area contributed by atoms with Crippen LogP contribution in [0.5, 0.6) is 0 Å². The minimum Gasteiger partial charge on any atom is -0.357 e. The first kappa shape index (κ1) is 12.5. The number of aromatic amines is 1. The lowest BCUT2D eigenvalue weighted by Crippen LogP contribution is -2.25. The van der Waals surface area contributed by atoms with Crippen LogP contribution in [0.15, 0.2) is 42.9 Å². The van der Waals surface area contributed by atoms with Gasteiger partial charge < -0.3 is 10.3 Å². The summed E-state index contributed by atoms with van der Waals surface area (Å²) in [5.74, 6) is 0. The number of H-pyrrole nitrogens is 1. The topological polar surface area (TPSA) is 53.6 Å². The molecule has 2 aromatic heterocycles. The van der Waals surface area contributed by atoms with Gasteiger partial charge in [0.1, 0.15) is 6.33 Å². The summed E-state index contributed by atoms with van der Waals surface area (Å²) in [4.78, 5) is 11.8. The molecule has 0 spiro atoms. The van der Waals surface area contributed by atoms with Crippen LogP contribution >= 0.6 is 0 Å². The average Bonchev–Trinajstić information content (AvgIpc) is 2.93. The van der Waals surface area contributed by atoms with Crippen molar-refractivity contribution in [2.24, 2.45) is 0 Å². The molecule has 1 aliphatic carbocycles. The van der Waals surface area contributed by atoms with Crippen LogP contribution < -0.4 is 5.32 Å². The third-order valence-electron chi connectivity index (χ3n) is 4.29. The van der Waals surface area contributed by atoms with Gasteiger partial charge in [0.2, 0.25) is 0 Å². The molecule has 0 aliphatic heterocycles. The normalized spacial score (nSPS) is 17.8. The Kier molecular flexibility index (Phi) is 3.16. The number of nitrogens with zero attached hydrogens (tertiary/aromatic N) is 2. The molecular formula is C17H18N4. The Morgan fingerprint density at radius 3 is 3.10 bits per heavy atom. The first-order chi connectivity index (χ1) is 10.4. The zero-order valence-corrected chi connectivity index (χ0v) is 11.8. The van der Waals surface area contributed by atoms with E-state index < -0.39 is 0 Å². The van der Waals surface area contributed by atoms with Gasteiger partial charge >= 0.3 is 0 Å². The highest BCUT2D eigenvalue weighted by atomic mass is 15.0. The maximum Gasteiger partial charge on any atom is 0.115 e. The van der Waals surface area contributed by atoms with Gasteiger partial charge in [0.05, 0.1) is 5.69 Å². The molecule has 2 N–H and O–H groups in total. The fourth-order valence-electron chi connectivity index (χ4n) is 3.27. The molecule has 4 nitrogen and oxygen atoms in total. The molecule has 2 heterocycles. The molecule has 0 fully saturated rings. The van der Waals surface area contributed by atoms with E-state index in [4.69, 9.17) is 0 Å². The van der Waals surface area contributed by atoms with Gasteiger partial charge in [-0.3, -0.25) is 0 Å². The Balaban J connectivity index is 1.61. The van der Waals surface area contributed by atoms with Gasteiger partial charge in [-0.1, -0.05) is 18.2 Å². The van der Waals surface area contributed by atoms with Crippen LogP contribution in [0.4, 0.5) is 0 Å². The van der Waals surface area contributed by atoms with E-state index in [0.717, 1.165) is 12.2 Å². The van der Waals surface area contributed by atoms with E-state index in [1.807, 2.05) is 6.07 Å². The number of aromatic nitrogens is 3. The monoisotopic (exact) mass is 278 g/mol. The highest BCUT2D eigenvalue weighted by Crippen LogP contribution is 2.34. The molecule has 1 unspecified atom stereocenters. The number of aryl methyl sites for hydroxylation is 1. The number of benzene rings is 1. The lowest BCUT2D eigenvalue weighted by Gasteiger charge is -2.23. The molecular weight excluding hydrogens is 260 g/mol. The van der Waals surface area contributed by atoms with Gasteiger partial charge in [0.25, 0.3) is 0 Å². The highest BCUT2D eigenvalue weighted by Gasteiger charge is 2.23. The molecule has 3 aromatic rings. The van der Waals surface area contributed by atoms with Crippen LogP contribution in [-0.2, 0) is 13.0 Å². The first-order valence-corrected chi connectivity index (χ1v) is 7.49. The summed E-state index contributed by atoms with van der Waals surface area (Å²) in [5.41, 5.74) is 5.13. The smallest absolute Gasteiger partial charge is 0.115 e. The Morgan fingerprint density at radius 2 is 2.19 bits per heavy atom. The molecule has 1 atom stereocenters. The van der Waals surface area contributed by atoms with E-state index in [2.05, 4.69) is 44.5 Å². The fraction of sp³-hybridized carbons (Fsp3) is 0.294. The Labute approximate surface area is 123 Å². The second-order valence-corrected chi connectivity index (χ2v) is 5.59. The van der Waals surface area contributed by atoms with Gasteiger partial charge in [-0.25, -0.2) is 9.97 Å². The number of para-hydroxylation sites is 1. The molecule has 0 saturated heterocycles. The van der Waals surface area contributed by atoms with Gasteiger partial charge in [-0.15, -0.1) is 0 Å². The molecule has 0 radical (unpaired) electrons. The van der Waals surface area contributed by atoms with Crippen molar-refractivity contribution in [2.75, 3.05) is 0 Å². The Morgan fingerprint density at radius 1 is 1.24 bits per heavy atom. The lowest BCUT2D eigenvalue weighted by molar-refractivity contribution is 0.449. The predicted molar refractivity (Wildman–Crippen MR) is 82.8 cm³/mol. The first-order valence-electron chi connectivity index (χ1n) is 7.49. The summed E-state index contributed by atoms with van der Waals surface area (Å²) < 4.78 is 0. The van der Waals surface area contributed by atoms with Gasteiger partial charge in [0, 0.05) is 35.4 Å². The molecule has 106 valence electrons. The van der Waals surface area contributed by atoms with Crippen molar-refractivity contribution in [2.45, 2.75) is 31.8 Å². The molecule has 1 aliphatic rings. The Bertz CT molecular complexity index is 748. The van der Waals surface area contributed by atoms with E-state index in [1.54, 1.807) is 12.5 Å². The summed E-state index contributed by atoms with van der Waals surface area (Å²) >= 11 is 0. The molecule has 1 aromatic carbocycles. The van der Waals surface area contributed by atoms with Crippen molar-refractivity contribution in [3.05, 3.63) is 59.8 Å². The predicted octanol–water partition coefficient (Wildman–Crippen LogP) is 3.13. The summed E-state index contributed by atoms with van der Waals surface area (Å²) in [5, 5.41) is 5.01. The third-order valence-corrected chi connectivity index (χ3v) is 4.29. The highest BCUT2D eigenvalue weighted by molar-refractivity contribution is 5.85. The number of hydrogen-bond donors (Lipinski definition) is 2. The number of hydrogen-bond acceptors (Lipinski definition) is 3. The zero-order valence-electron chi connectivity index (χ0n) is 11.8. The zero-order chi connectivity index (χ0) is 14.1. The van der Waals surface area contributed by atoms with E-state index in [-0.39, 0.29) is 0 Å². The molecule has 0 bridgehead atoms. The average molecular weight is 278 g/mol. The van der Waals surface area contributed by atoms with Crippen LogP contribution in [0.2, 0.25) is 0 Å². The molecule has 4 rings (SSSR count). The van der Waals surface area contributed by atoms with Crippen LogP contribution in [0, 0.1) is 0 Å². The molecule has 21 heavy (non-hydrogen) atoms. The standard InChI is InChI=1S/C17H18N4/c1-2-6-15-13(4-1)14-5-3-7-16(17(14)21-15)19-10-12-8-9-18-11-20-12/h1-2,4,6,8-9,11,16,19,21H,3,5,7,10H2. The van der Waals surface area contributed by atoms with Gasteiger partial charge in [0.15, 0.2) is 0 Å². The maximum absolute atomic E-state index is 4.28. The van der Waals surface area contributed by atoms with Crippen LogP contribution in [0.3, 0.4) is 0 Å². The third kappa shape index (κ3) is 2.32. The minimum absolute atomic E-state index is 0.385. The van der Waals surface area contributed by atoms with Crippen LogP contribution in [0.25, 0.3) is 10.9 Å². The van der Waals surface area contributed by atoms with Crippen molar-refractivity contribution in [3.63, 3.8) is 0 Å². The largest absolute Gasteiger partial charge is 0.357 e. The summed E-state index contributed by atoms with van der Waals surface area (Å²) in [6.07, 6.45) is 6.97. The van der Waals surface area contributed by atoms with E-state index in [0.29, 0.717) is 6.04 Å². The number of fused-ring (bicyclic) bond motifs is 3. The van der Waals surface area contributed by atoms with Gasteiger partial charge in [-0.05, 0) is 37.0 Å². The molecule has 4 heteroatoms. The van der Waals surface area contributed by atoms with Crippen molar-refractivity contribution < 1.29 is 0 Å². The fourth-order valence-corrected chi connectivity index (χ4v) is 3.27. The van der Waals surface area contributed by atoms with Gasteiger partial charge in [-0.2, -0.15) is 0 Å². The lowest BCUT2D eigenvalue weighted by atomic mass is 9.91. The minimum atomic E-state index is 0.385. The summed E-state index contributed by atoms with van der Waals surface area (Å²) in [6, 6.07) is 10.9.